The molecule has 1 heterocycles. The van der Waals surface area contributed by atoms with Crippen molar-refractivity contribution in [3.8, 4) is 22.8 Å². The molecule has 0 aliphatic heterocycles. The number of carbonyl (C=O) groups excluding carboxylic acids is 1. The van der Waals surface area contributed by atoms with E-state index in [0.717, 1.165) is 6.07 Å². The van der Waals surface area contributed by atoms with Crippen molar-refractivity contribution in [3.05, 3.63) is 122 Å². The van der Waals surface area contributed by atoms with Gasteiger partial charge in [-0.15, -0.1) is 0 Å². The molecule has 0 amide bonds. The number of hydrogen-bond donors (Lipinski definition) is 2. The molecule has 5 aromatic rings. The Hall–Kier alpha value is -3.77. The normalized spacial score (nSPS) is 11.7. The quantitative estimate of drug-likeness (QED) is 0.106. The smallest absolute Gasteiger partial charge is 0.399 e. The fourth-order valence-electron chi connectivity index (χ4n) is 4.29. The van der Waals surface area contributed by atoms with Gasteiger partial charge < -0.3 is 23.7 Å². The third kappa shape index (κ3) is 7.28. The van der Waals surface area contributed by atoms with Gasteiger partial charge in [0.1, 0.15) is 11.5 Å². The number of rotatable bonds is 10. The van der Waals surface area contributed by atoms with Gasteiger partial charge in [-0.2, -0.15) is 8.78 Å². The van der Waals surface area contributed by atoms with Crippen LogP contribution in [0.3, 0.4) is 0 Å². The summed E-state index contributed by atoms with van der Waals surface area (Å²) in [5.74, 6) is 1.01. The topological polar surface area (TPSA) is 122 Å². The van der Waals surface area contributed by atoms with E-state index in [2.05, 4.69) is 20.9 Å². The second kappa shape index (κ2) is 13.5. The van der Waals surface area contributed by atoms with Crippen molar-refractivity contribution < 1.29 is 41.8 Å². The molecule has 9 nitrogen and oxygen atoms in total. The van der Waals surface area contributed by atoms with Crippen LogP contribution in [0.25, 0.3) is 11.3 Å². The molecule has 0 fully saturated rings. The number of oxazole rings is 1. The number of ether oxygens (including phenoxy) is 2. The molecule has 0 bridgehead atoms. The number of aromatic nitrogens is 1. The van der Waals surface area contributed by atoms with Gasteiger partial charge in [-0.05, 0) is 78.4 Å². The zero-order chi connectivity index (χ0) is 33.2. The lowest BCUT2D eigenvalue weighted by Crippen LogP contribution is -2.18. The van der Waals surface area contributed by atoms with E-state index < -0.39 is 24.8 Å². The number of methoxy groups -OCH3 is 1. The van der Waals surface area contributed by atoms with Gasteiger partial charge in [0.2, 0.25) is 0 Å². The Morgan fingerprint density at radius 2 is 1.63 bits per heavy atom. The Morgan fingerprint density at radius 3 is 2.22 bits per heavy atom. The van der Waals surface area contributed by atoms with E-state index in [1.807, 2.05) is 0 Å². The van der Waals surface area contributed by atoms with Gasteiger partial charge in [0.25, 0.3) is 0 Å². The van der Waals surface area contributed by atoms with Crippen LogP contribution >= 0.6 is 46.7 Å². The molecule has 1 aromatic heterocycles. The minimum atomic E-state index is -5.77. The Balaban J connectivity index is 1.40. The van der Waals surface area contributed by atoms with Gasteiger partial charge in [-0.25, -0.2) is 9.78 Å². The molecule has 238 valence electrons. The zero-order valence-electron chi connectivity index (χ0n) is 23.5. The molecule has 4 aromatic carbocycles. The number of nitrogens with zero attached hydrogens (tertiary/aromatic N) is 2. The summed E-state index contributed by atoms with van der Waals surface area (Å²) in [6.45, 7) is 0.0415. The van der Waals surface area contributed by atoms with Gasteiger partial charge >= 0.3 is 25.2 Å². The minimum Gasteiger partial charge on any atom is -0.465 e. The molecular formula is C31H22BrCl2F2N2O7P. The number of esters is 1. The van der Waals surface area contributed by atoms with E-state index in [-0.39, 0.29) is 22.1 Å². The van der Waals surface area contributed by atoms with Crippen LogP contribution in [0, 0.1) is 0 Å². The summed E-state index contributed by atoms with van der Waals surface area (Å²) in [4.78, 5) is 36.0. The summed E-state index contributed by atoms with van der Waals surface area (Å²) in [6.07, 6.45) is 1.51. The number of anilines is 2. The zero-order valence-corrected chi connectivity index (χ0v) is 27.5. The molecule has 0 atom stereocenters. The van der Waals surface area contributed by atoms with Crippen molar-refractivity contribution in [1.82, 2.24) is 4.98 Å². The second-order valence-electron chi connectivity index (χ2n) is 9.73. The maximum Gasteiger partial charge on any atom is 0.399 e. The van der Waals surface area contributed by atoms with Gasteiger partial charge in [0, 0.05) is 21.3 Å². The molecule has 0 saturated carbocycles. The summed E-state index contributed by atoms with van der Waals surface area (Å²) in [5.41, 5.74) is -3.18. The SMILES string of the molecule is COC(=O)c1ccc(Oc2ccc(-c3cnc(N(Cc4ccc(C(F)(F)P(=O)(O)O)c(Br)c4)c4ccc(Cl)c(Cl)c4)o3)cc2)cc1. The highest BCUT2D eigenvalue weighted by atomic mass is 79.9. The van der Waals surface area contributed by atoms with Crippen molar-refractivity contribution in [2.45, 2.75) is 12.2 Å². The van der Waals surface area contributed by atoms with E-state index in [1.165, 1.54) is 25.4 Å². The van der Waals surface area contributed by atoms with Gasteiger partial charge in [0.05, 0.1) is 35.5 Å². The van der Waals surface area contributed by atoms with E-state index in [1.54, 1.807) is 71.6 Å². The number of carbonyl (C=O) groups is 1. The fraction of sp³-hybridized carbons (Fsp3) is 0.0968. The van der Waals surface area contributed by atoms with Crippen LogP contribution < -0.4 is 9.64 Å². The van der Waals surface area contributed by atoms with Crippen LogP contribution in [-0.4, -0.2) is 27.8 Å². The summed E-state index contributed by atoms with van der Waals surface area (Å²) < 4.78 is 56.7. The monoisotopic (exact) mass is 752 g/mol. The summed E-state index contributed by atoms with van der Waals surface area (Å²) in [5, 5.41) is 0.566. The Labute approximate surface area is 279 Å². The van der Waals surface area contributed by atoms with E-state index in [0.29, 0.717) is 44.7 Å². The Bertz CT molecular complexity index is 1940. The van der Waals surface area contributed by atoms with Crippen LogP contribution in [0.2, 0.25) is 10.0 Å². The van der Waals surface area contributed by atoms with E-state index >= 15 is 0 Å². The summed E-state index contributed by atoms with van der Waals surface area (Å²) >= 11 is 15.4. The first-order valence-electron chi connectivity index (χ1n) is 13.1. The van der Waals surface area contributed by atoms with Crippen molar-refractivity contribution in [3.63, 3.8) is 0 Å². The maximum atomic E-state index is 14.4. The molecule has 0 aliphatic carbocycles. The minimum absolute atomic E-state index is 0.0415. The number of alkyl halides is 2. The highest BCUT2D eigenvalue weighted by Crippen LogP contribution is 2.60. The highest BCUT2D eigenvalue weighted by Gasteiger charge is 2.51. The fourth-order valence-corrected chi connectivity index (χ4v) is 5.92. The van der Waals surface area contributed by atoms with Crippen molar-refractivity contribution in [1.29, 1.82) is 0 Å². The Morgan fingerprint density at radius 1 is 0.978 bits per heavy atom. The molecule has 0 saturated heterocycles. The first-order chi connectivity index (χ1) is 21.8. The van der Waals surface area contributed by atoms with Crippen LogP contribution in [0.5, 0.6) is 11.5 Å². The lowest BCUT2D eigenvalue weighted by molar-refractivity contribution is 0.0557. The molecule has 0 radical (unpaired) electrons. The molecule has 2 N–H and O–H groups in total. The molecule has 46 heavy (non-hydrogen) atoms. The highest BCUT2D eigenvalue weighted by molar-refractivity contribution is 9.10. The van der Waals surface area contributed by atoms with Crippen LogP contribution in [0.4, 0.5) is 20.5 Å². The number of halogens is 5. The second-order valence-corrected chi connectivity index (χ2v) is 13.1. The lowest BCUT2D eigenvalue weighted by Gasteiger charge is -2.23. The first kappa shape index (κ1) is 33.6. The Kier molecular flexibility index (Phi) is 9.88. The summed E-state index contributed by atoms with van der Waals surface area (Å²) in [6, 6.07) is 22.1. The average molecular weight is 754 g/mol. The average Bonchev–Trinajstić information content (AvgIpc) is 3.51. The predicted molar refractivity (Wildman–Crippen MR) is 172 cm³/mol. The summed E-state index contributed by atoms with van der Waals surface area (Å²) in [7, 11) is -4.46. The molecule has 15 heteroatoms. The van der Waals surface area contributed by atoms with Crippen molar-refractivity contribution in [2.75, 3.05) is 12.0 Å². The number of benzene rings is 4. The molecule has 0 unspecified atom stereocenters. The molecular weight excluding hydrogens is 732 g/mol. The van der Waals surface area contributed by atoms with Crippen LogP contribution in [0.15, 0.2) is 100 Å². The van der Waals surface area contributed by atoms with Gasteiger partial charge in [-0.3, -0.25) is 9.46 Å². The third-order valence-electron chi connectivity index (χ3n) is 6.65. The van der Waals surface area contributed by atoms with Crippen LogP contribution in [-0.2, 0) is 21.5 Å². The molecule has 0 aliphatic rings. The van der Waals surface area contributed by atoms with Crippen LogP contribution in [0.1, 0.15) is 21.5 Å². The lowest BCUT2D eigenvalue weighted by atomic mass is 10.1. The van der Waals surface area contributed by atoms with E-state index in [9.17, 15) is 18.1 Å². The molecule has 5 rings (SSSR count). The largest absolute Gasteiger partial charge is 0.465 e. The molecule has 0 spiro atoms. The number of hydrogen-bond acceptors (Lipinski definition) is 7. The third-order valence-corrected chi connectivity index (χ3v) is 9.02. The predicted octanol–water partition coefficient (Wildman–Crippen LogP) is 9.56. The van der Waals surface area contributed by atoms with E-state index in [4.69, 9.17) is 46.9 Å². The van der Waals surface area contributed by atoms with Gasteiger partial charge in [-0.1, -0.05) is 51.3 Å². The van der Waals surface area contributed by atoms with Crippen molar-refractivity contribution >= 4 is 64.4 Å². The van der Waals surface area contributed by atoms with Crippen molar-refractivity contribution in [2.24, 2.45) is 0 Å². The van der Waals surface area contributed by atoms with Gasteiger partial charge in [0.15, 0.2) is 5.76 Å². The first-order valence-corrected chi connectivity index (χ1v) is 16.3. The maximum absolute atomic E-state index is 14.4. The standard InChI is InChI=1S/C31H22BrCl2F2N2O7P/c1-43-29(39)20-5-10-23(11-6-20)44-22-8-3-19(4-9-22)28-16-37-30(45-28)38(21-7-13-26(33)27(34)15-21)17-18-2-12-24(25(32)14-18)31(35,36)46(40,41)42/h2-16H,17H2,1H3,(H2,40,41,42).